The van der Waals surface area contributed by atoms with Crippen molar-refractivity contribution in [3.8, 4) is 0 Å². The molecule has 0 aromatic carbocycles. The number of nitrogens with zero attached hydrogens (tertiary/aromatic N) is 2. The molecule has 0 amide bonds. The van der Waals surface area contributed by atoms with Crippen molar-refractivity contribution in [1.29, 1.82) is 0 Å². The highest BCUT2D eigenvalue weighted by molar-refractivity contribution is 14.1. The number of rotatable bonds is 5. The number of halogens is 1. The Labute approximate surface area is 131 Å². The lowest BCUT2D eigenvalue weighted by Gasteiger charge is -2.71. The number of methoxy groups -OCH3 is 1. The molecule has 0 radical (unpaired) electrons. The normalized spacial score (nSPS) is 34.3. The Morgan fingerprint density at radius 1 is 1.55 bits per heavy atom. The first-order valence-corrected chi connectivity index (χ1v) is 8.21. The fourth-order valence-electron chi connectivity index (χ4n) is 3.88. The summed E-state index contributed by atoms with van der Waals surface area (Å²) in [7, 11) is 1.43. The maximum atomic E-state index is 11.2. The van der Waals surface area contributed by atoms with Crippen LogP contribution in [0.15, 0.2) is 6.20 Å². The maximum Gasteiger partial charge on any atom is 0.319 e. The van der Waals surface area contributed by atoms with Crippen LogP contribution in [-0.2, 0) is 15.1 Å². The fourth-order valence-corrected chi connectivity index (χ4v) is 4.41. The molecule has 2 bridgehead atoms. The quantitative estimate of drug-likeness (QED) is 0.618. The van der Waals surface area contributed by atoms with Crippen LogP contribution in [0.1, 0.15) is 43.8 Å². The first-order valence-electron chi connectivity index (χ1n) is 7.13. The van der Waals surface area contributed by atoms with Crippen molar-refractivity contribution in [3.05, 3.63) is 15.7 Å². The summed E-state index contributed by atoms with van der Waals surface area (Å²) in [5.41, 5.74) is 0.447. The number of hydrogen-bond donors (Lipinski definition) is 1. The van der Waals surface area contributed by atoms with Gasteiger partial charge in [-0.3, -0.25) is 4.79 Å². The highest BCUT2D eigenvalue weighted by Crippen LogP contribution is 2.66. The number of carbonyl (C=O) groups excluding carboxylic acids is 1. The molecule has 1 N–H and O–H groups in total. The molecule has 1 heterocycles. The van der Waals surface area contributed by atoms with E-state index in [1.165, 1.54) is 25.8 Å². The Bertz CT molecular complexity index is 559. The minimum Gasteiger partial charge on any atom is -0.468 e. The third kappa shape index (κ3) is 1.83. The number of aromatic nitrogens is 2. The molecule has 0 atom stereocenters. The van der Waals surface area contributed by atoms with Gasteiger partial charge in [-0.25, -0.2) is 4.98 Å². The van der Waals surface area contributed by atoms with Crippen LogP contribution in [0.25, 0.3) is 0 Å². The van der Waals surface area contributed by atoms with Crippen molar-refractivity contribution in [2.75, 3.05) is 13.7 Å². The van der Waals surface area contributed by atoms with E-state index in [9.17, 15) is 4.79 Å². The summed E-state index contributed by atoms with van der Waals surface area (Å²) in [6.07, 6.45) is 8.12. The van der Waals surface area contributed by atoms with Crippen molar-refractivity contribution < 1.29 is 9.53 Å². The topological polar surface area (TPSA) is 56.1 Å². The Morgan fingerprint density at radius 2 is 2.25 bits per heavy atom. The largest absolute Gasteiger partial charge is 0.468 e. The molecule has 4 aliphatic rings. The van der Waals surface area contributed by atoms with Crippen molar-refractivity contribution in [2.45, 2.75) is 49.1 Å². The molecule has 108 valence electrons. The summed E-state index contributed by atoms with van der Waals surface area (Å²) in [5.74, 6) is 1.79. The van der Waals surface area contributed by atoms with Crippen LogP contribution in [0.2, 0.25) is 0 Å². The van der Waals surface area contributed by atoms with Gasteiger partial charge in [0.15, 0.2) is 0 Å². The molecular weight excluding hydrogens is 369 g/mol. The molecule has 6 heteroatoms. The zero-order valence-corrected chi connectivity index (χ0v) is 13.6. The van der Waals surface area contributed by atoms with Gasteiger partial charge in [0.25, 0.3) is 0 Å². The highest BCUT2D eigenvalue weighted by Gasteiger charge is 2.69. The summed E-state index contributed by atoms with van der Waals surface area (Å²) in [6, 6.07) is 0. The average Bonchev–Trinajstić information content (AvgIpc) is 3.10. The molecule has 1 aromatic heterocycles. The third-order valence-electron chi connectivity index (χ3n) is 5.00. The zero-order valence-electron chi connectivity index (χ0n) is 11.5. The molecule has 4 saturated carbocycles. The summed E-state index contributed by atoms with van der Waals surface area (Å²) >= 11 is 2.31. The maximum absolute atomic E-state index is 11.2. The average molecular weight is 387 g/mol. The van der Waals surface area contributed by atoms with E-state index in [-0.39, 0.29) is 17.0 Å². The third-order valence-corrected chi connectivity index (χ3v) is 5.51. The van der Waals surface area contributed by atoms with Crippen LogP contribution in [0, 0.1) is 3.70 Å². The van der Waals surface area contributed by atoms with Crippen LogP contribution in [0.4, 0.5) is 0 Å². The van der Waals surface area contributed by atoms with Gasteiger partial charge in [0.05, 0.1) is 19.2 Å². The highest BCUT2D eigenvalue weighted by atomic mass is 127. The molecule has 0 aliphatic heterocycles. The molecule has 1 aromatic rings. The predicted molar refractivity (Wildman–Crippen MR) is 81.5 cm³/mol. The smallest absolute Gasteiger partial charge is 0.319 e. The van der Waals surface area contributed by atoms with Gasteiger partial charge in [0.1, 0.15) is 9.53 Å². The van der Waals surface area contributed by atoms with Crippen molar-refractivity contribution >= 4 is 28.6 Å². The van der Waals surface area contributed by atoms with Crippen LogP contribution >= 0.6 is 22.6 Å². The van der Waals surface area contributed by atoms with E-state index in [0.29, 0.717) is 12.5 Å². The van der Waals surface area contributed by atoms with Crippen LogP contribution < -0.4 is 5.32 Å². The minimum absolute atomic E-state index is 0.171. The van der Waals surface area contributed by atoms with E-state index in [2.05, 4.69) is 43.4 Å². The number of esters is 1. The Balaban J connectivity index is 1.45. The Morgan fingerprint density at radius 3 is 2.85 bits per heavy atom. The first-order chi connectivity index (χ1) is 9.56. The van der Waals surface area contributed by atoms with Gasteiger partial charge in [0.2, 0.25) is 0 Å². The van der Waals surface area contributed by atoms with E-state index in [1.54, 1.807) is 0 Å². The lowest BCUT2D eigenvalue weighted by atomic mass is 9.44. The second kappa shape index (κ2) is 4.19. The Hall–Kier alpha value is -0.630. The van der Waals surface area contributed by atoms with Crippen LogP contribution in [-0.4, -0.2) is 34.7 Å². The van der Waals surface area contributed by atoms with Gasteiger partial charge in [-0.1, -0.05) is 0 Å². The monoisotopic (exact) mass is 387 g/mol. The van der Waals surface area contributed by atoms with Gasteiger partial charge in [-0.15, -0.1) is 0 Å². The summed E-state index contributed by atoms with van der Waals surface area (Å²) in [5, 5.41) is 3.37. The fraction of sp³-hybridized carbons (Fsp3) is 0.714. The molecule has 4 aliphatic carbocycles. The molecule has 0 unspecified atom stereocenters. The van der Waals surface area contributed by atoms with E-state index in [0.717, 1.165) is 23.0 Å². The lowest BCUT2D eigenvalue weighted by Crippen LogP contribution is -2.78. The van der Waals surface area contributed by atoms with E-state index < -0.39 is 0 Å². The van der Waals surface area contributed by atoms with E-state index >= 15 is 0 Å². The minimum atomic E-state index is -0.181. The molecule has 0 spiro atoms. The van der Waals surface area contributed by atoms with Gasteiger partial charge in [0, 0.05) is 17.7 Å². The van der Waals surface area contributed by atoms with Crippen molar-refractivity contribution in [2.24, 2.45) is 0 Å². The second-order valence-electron chi connectivity index (χ2n) is 6.53. The molecule has 5 nitrogen and oxygen atoms in total. The van der Waals surface area contributed by atoms with E-state index in [4.69, 9.17) is 4.98 Å². The van der Waals surface area contributed by atoms with Gasteiger partial charge in [-0.2, -0.15) is 0 Å². The number of hydrogen-bond acceptors (Lipinski definition) is 4. The first kappa shape index (κ1) is 13.1. The van der Waals surface area contributed by atoms with Crippen LogP contribution in [0.3, 0.4) is 0 Å². The molecule has 4 fully saturated rings. The summed E-state index contributed by atoms with van der Waals surface area (Å²) < 4.78 is 8.23. The van der Waals surface area contributed by atoms with Gasteiger partial charge < -0.3 is 14.6 Å². The Kier molecular flexibility index (Phi) is 2.74. The summed E-state index contributed by atoms with van der Waals surface area (Å²) in [4.78, 5) is 15.9. The number of nitrogens with one attached hydrogen (secondary N) is 1. The summed E-state index contributed by atoms with van der Waals surface area (Å²) in [6.45, 7) is 0.323. The second-order valence-corrected chi connectivity index (χ2v) is 7.64. The number of ether oxygens (including phenoxy) is 1. The van der Waals surface area contributed by atoms with E-state index in [1.807, 2.05) is 0 Å². The molecule has 0 saturated heterocycles. The SMILES string of the molecule is COC(=O)CNC12CC(n3cc(I)nc3C3CC3)(C1)C2. The standard InChI is InChI=1S/C14H18IN3O2/c1-20-11(19)4-16-13-6-14(7-13,8-13)18-5-10(15)17-12(18)9-2-3-9/h5,9,16H,2-4,6-8H2,1H3. The lowest BCUT2D eigenvalue weighted by molar-refractivity contribution is -0.153. The molecule has 20 heavy (non-hydrogen) atoms. The predicted octanol–water partition coefficient (Wildman–Crippen LogP) is 1.76. The van der Waals surface area contributed by atoms with Crippen molar-refractivity contribution in [3.63, 3.8) is 0 Å². The molecular formula is C14H18IN3O2. The van der Waals surface area contributed by atoms with Gasteiger partial charge >= 0.3 is 5.97 Å². The zero-order chi connectivity index (χ0) is 14.0. The molecule has 5 rings (SSSR count). The van der Waals surface area contributed by atoms with Crippen molar-refractivity contribution in [1.82, 2.24) is 14.9 Å². The van der Waals surface area contributed by atoms with Gasteiger partial charge in [-0.05, 0) is 54.7 Å². The number of imidazole rings is 1. The van der Waals surface area contributed by atoms with Crippen LogP contribution in [0.5, 0.6) is 0 Å². The number of carbonyl (C=O) groups is 1.